The molecule has 0 aliphatic heterocycles. The molecule has 94 valence electrons. The number of nitrogens with one attached hydrogen (secondary N) is 1. The Bertz CT molecular complexity index is 419. The highest BCUT2D eigenvalue weighted by atomic mass is 79.9. The highest BCUT2D eigenvalue weighted by molar-refractivity contribution is 9.11. The zero-order valence-electron chi connectivity index (χ0n) is 9.70. The van der Waals surface area contributed by atoms with Crippen molar-refractivity contribution in [1.29, 1.82) is 0 Å². The van der Waals surface area contributed by atoms with Crippen LogP contribution in [0, 0.1) is 5.92 Å². The molecule has 0 fully saturated rings. The first-order valence-corrected chi connectivity index (χ1v) is 6.97. The Labute approximate surface area is 113 Å². The molecule has 17 heavy (non-hydrogen) atoms. The molecule has 2 amide bonds. The fourth-order valence-electron chi connectivity index (χ4n) is 1.38. The van der Waals surface area contributed by atoms with Crippen LogP contribution in [0.25, 0.3) is 0 Å². The summed E-state index contributed by atoms with van der Waals surface area (Å²) in [4.78, 5) is 23.1. The molecule has 1 aromatic heterocycles. The molecular formula is C11H15BrN2O2S. The molecule has 1 rings (SSSR count). The van der Waals surface area contributed by atoms with Crippen molar-refractivity contribution in [3.8, 4) is 0 Å². The molecule has 2 atom stereocenters. The topological polar surface area (TPSA) is 72.2 Å². The third kappa shape index (κ3) is 3.81. The van der Waals surface area contributed by atoms with Crippen LogP contribution < -0.4 is 11.1 Å². The SMILES string of the molecule is CCC(C)C(NC(=O)c1csc(Br)c1)C(N)=O. The van der Waals surface area contributed by atoms with E-state index in [0.717, 1.165) is 10.2 Å². The molecule has 3 N–H and O–H groups in total. The number of carbonyl (C=O) groups is 2. The summed E-state index contributed by atoms with van der Waals surface area (Å²) in [5.41, 5.74) is 5.82. The van der Waals surface area contributed by atoms with Crippen LogP contribution >= 0.6 is 27.3 Å². The van der Waals surface area contributed by atoms with Gasteiger partial charge in [0.1, 0.15) is 6.04 Å². The van der Waals surface area contributed by atoms with Gasteiger partial charge in [0, 0.05) is 5.38 Å². The van der Waals surface area contributed by atoms with Gasteiger partial charge in [-0.1, -0.05) is 20.3 Å². The molecule has 0 saturated heterocycles. The molecule has 2 unspecified atom stereocenters. The van der Waals surface area contributed by atoms with Crippen LogP contribution in [0.15, 0.2) is 15.2 Å². The number of amides is 2. The maximum absolute atomic E-state index is 11.9. The van der Waals surface area contributed by atoms with Gasteiger partial charge in [0.2, 0.25) is 5.91 Å². The highest BCUT2D eigenvalue weighted by Gasteiger charge is 2.24. The Morgan fingerprint density at radius 3 is 2.65 bits per heavy atom. The lowest BCUT2D eigenvalue weighted by Gasteiger charge is -2.20. The van der Waals surface area contributed by atoms with Gasteiger partial charge >= 0.3 is 0 Å². The second-order valence-corrected chi connectivity index (χ2v) is 6.17. The van der Waals surface area contributed by atoms with Gasteiger partial charge in [0.05, 0.1) is 9.35 Å². The summed E-state index contributed by atoms with van der Waals surface area (Å²) in [7, 11) is 0. The van der Waals surface area contributed by atoms with Crippen LogP contribution in [0.2, 0.25) is 0 Å². The largest absolute Gasteiger partial charge is 0.368 e. The quantitative estimate of drug-likeness (QED) is 0.873. The number of halogens is 1. The summed E-state index contributed by atoms with van der Waals surface area (Å²) < 4.78 is 0.877. The van der Waals surface area contributed by atoms with Crippen LogP contribution in [-0.2, 0) is 4.79 Å². The Morgan fingerprint density at radius 1 is 1.59 bits per heavy atom. The molecule has 6 heteroatoms. The van der Waals surface area contributed by atoms with E-state index in [0.29, 0.717) is 5.56 Å². The monoisotopic (exact) mass is 318 g/mol. The van der Waals surface area contributed by atoms with E-state index in [-0.39, 0.29) is 11.8 Å². The third-order valence-electron chi connectivity index (χ3n) is 2.64. The van der Waals surface area contributed by atoms with Crippen LogP contribution in [0.5, 0.6) is 0 Å². The standard InChI is InChI=1S/C11H15BrN2O2S/c1-3-6(2)9(10(13)15)14-11(16)7-4-8(12)17-5-7/h4-6,9H,3H2,1-2H3,(H2,13,15)(H,14,16). The molecule has 4 nitrogen and oxygen atoms in total. The zero-order chi connectivity index (χ0) is 13.0. The van der Waals surface area contributed by atoms with Gasteiger partial charge in [0.15, 0.2) is 0 Å². The van der Waals surface area contributed by atoms with Crippen molar-refractivity contribution in [2.24, 2.45) is 11.7 Å². The van der Waals surface area contributed by atoms with Crippen LogP contribution in [0.1, 0.15) is 30.6 Å². The summed E-state index contributed by atoms with van der Waals surface area (Å²) in [6.07, 6.45) is 0.779. The summed E-state index contributed by atoms with van der Waals surface area (Å²) in [5, 5.41) is 4.40. The number of carbonyl (C=O) groups excluding carboxylic acids is 2. The van der Waals surface area contributed by atoms with Gasteiger partial charge in [-0.3, -0.25) is 9.59 Å². The van der Waals surface area contributed by atoms with Gasteiger partial charge in [-0.2, -0.15) is 0 Å². The molecule has 1 aromatic rings. The second-order valence-electron chi connectivity index (χ2n) is 3.88. The summed E-state index contributed by atoms with van der Waals surface area (Å²) >= 11 is 4.71. The Kier molecular flexibility index (Phi) is 5.14. The average Bonchev–Trinajstić information content (AvgIpc) is 2.71. The molecule has 0 aromatic carbocycles. The number of hydrogen-bond acceptors (Lipinski definition) is 3. The van der Waals surface area contributed by atoms with Crippen LogP contribution in [-0.4, -0.2) is 17.9 Å². The molecular weight excluding hydrogens is 304 g/mol. The van der Waals surface area contributed by atoms with Crippen molar-refractivity contribution >= 4 is 39.1 Å². The van der Waals surface area contributed by atoms with Crippen molar-refractivity contribution in [2.45, 2.75) is 26.3 Å². The lowest BCUT2D eigenvalue weighted by atomic mass is 9.98. The number of hydrogen-bond donors (Lipinski definition) is 2. The smallest absolute Gasteiger partial charge is 0.252 e. The van der Waals surface area contributed by atoms with E-state index < -0.39 is 11.9 Å². The van der Waals surface area contributed by atoms with E-state index in [9.17, 15) is 9.59 Å². The number of primary amides is 1. The molecule has 0 bridgehead atoms. The first-order chi connectivity index (χ1) is 7.95. The Hall–Kier alpha value is -0.880. The van der Waals surface area contributed by atoms with E-state index in [1.807, 2.05) is 13.8 Å². The normalized spacial score (nSPS) is 14.1. The van der Waals surface area contributed by atoms with Crippen molar-refractivity contribution in [2.75, 3.05) is 0 Å². The Morgan fingerprint density at radius 2 is 2.24 bits per heavy atom. The first-order valence-electron chi connectivity index (χ1n) is 5.30. The minimum Gasteiger partial charge on any atom is -0.368 e. The van der Waals surface area contributed by atoms with Gasteiger partial charge in [-0.15, -0.1) is 11.3 Å². The van der Waals surface area contributed by atoms with Crippen molar-refractivity contribution in [3.05, 3.63) is 20.8 Å². The molecule has 0 saturated carbocycles. The van der Waals surface area contributed by atoms with Gasteiger partial charge in [0.25, 0.3) is 5.91 Å². The first kappa shape index (κ1) is 14.2. The lowest BCUT2D eigenvalue weighted by Crippen LogP contribution is -2.48. The number of nitrogens with two attached hydrogens (primary N) is 1. The van der Waals surface area contributed by atoms with E-state index in [2.05, 4.69) is 21.2 Å². The predicted octanol–water partition coefficient (Wildman–Crippen LogP) is 2.14. The minimum absolute atomic E-state index is 0.0264. The fraction of sp³-hybridized carbons (Fsp3) is 0.455. The molecule has 1 heterocycles. The maximum Gasteiger partial charge on any atom is 0.252 e. The van der Waals surface area contributed by atoms with Crippen molar-refractivity contribution in [1.82, 2.24) is 5.32 Å². The molecule has 0 aliphatic carbocycles. The van der Waals surface area contributed by atoms with Gasteiger partial charge < -0.3 is 11.1 Å². The third-order valence-corrected chi connectivity index (χ3v) is 4.14. The van der Waals surface area contributed by atoms with E-state index in [4.69, 9.17) is 5.73 Å². The minimum atomic E-state index is -0.619. The highest BCUT2D eigenvalue weighted by Crippen LogP contribution is 2.20. The number of rotatable bonds is 5. The van der Waals surface area contributed by atoms with E-state index >= 15 is 0 Å². The van der Waals surface area contributed by atoms with E-state index in [1.54, 1.807) is 11.4 Å². The maximum atomic E-state index is 11.9. The summed E-state index contributed by atoms with van der Waals surface area (Å²) in [6.45, 7) is 3.84. The number of thiophene rings is 1. The predicted molar refractivity (Wildman–Crippen MR) is 71.9 cm³/mol. The summed E-state index contributed by atoms with van der Waals surface area (Å²) in [6, 6.07) is 1.10. The second kappa shape index (κ2) is 6.16. The van der Waals surface area contributed by atoms with E-state index in [1.165, 1.54) is 11.3 Å². The van der Waals surface area contributed by atoms with Crippen molar-refractivity contribution in [3.63, 3.8) is 0 Å². The Balaban J connectivity index is 2.74. The van der Waals surface area contributed by atoms with Crippen LogP contribution in [0.3, 0.4) is 0 Å². The average molecular weight is 319 g/mol. The molecule has 0 aliphatic rings. The molecule has 0 radical (unpaired) electrons. The lowest BCUT2D eigenvalue weighted by molar-refractivity contribution is -0.120. The summed E-state index contributed by atoms with van der Waals surface area (Å²) in [5.74, 6) is -0.739. The van der Waals surface area contributed by atoms with Crippen LogP contribution in [0.4, 0.5) is 0 Å². The van der Waals surface area contributed by atoms with Gasteiger partial charge in [-0.25, -0.2) is 0 Å². The molecule has 0 spiro atoms. The van der Waals surface area contributed by atoms with Gasteiger partial charge in [-0.05, 0) is 27.9 Å². The fourth-order valence-corrected chi connectivity index (χ4v) is 2.52. The van der Waals surface area contributed by atoms with Crippen molar-refractivity contribution < 1.29 is 9.59 Å². The zero-order valence-corrected chi connectivity index (χ0v) is 12.1.